The molecule has 2 aromatic rings. The standard InChI is InChI=1S/C23H25N3O5S/c1-3-25-9-11-26(12-10-25)21-18-8-13-32(30-22(28)23(29)31-32)20(18)14-19(24-21)17-6-4-16(5-7-17)15(2)27/h4-8,13-15,27H,3,9-12H2,1-2H3. The Morgan fingerprint density at radius 1 is 1.09 bits per heavy atom. The fourth-order valence-corrected chi connectivity index (χ4v) is 6.31. The van der Waals surface area contributed by atoms with Gasteiger partial charge in [-0.05, 0) is 31.2 Å². The summed E-state index contributed by atoms with van der Waals surface area (Å²) >= 11 is 0. The summed E-state index contributed by atoms with van der Waals surface area (Å²) in [6, 6.07) is 9.40. The Morgan fingerprint density at radius 2 is 1.75 bits per heavy atom. The number of carbonyl (C=O) groups is 2. The molecule has 1 aromatic carbocycles. The van der Waals surface area contributed by atoms with Gasteiger partial charge in [-0.25, -0.2) is 14.6 Å². The molecule has 0 bridgehead atoms. The molecule has 2 saturated heterocycles. The Morgan fingerprint density at radius 3 is 2.34 bits per heavy atom. The smallest absolute Gasteiger partial charge is 0.389 e. The minimum Gasteiger partial charge on any atom is -0.389 e. The largest absolute Gasteiger partial charge is 0.441 e. The number of hydrogen-bond donors (Lipinski definition) is 1. The Kier molecular flexibility index (Phi) is 5.19. The van der Waals surface area contributed by atoms with Gasteiger partial charge in [0.05, 0.1) is 22.1 Å². The van der Waals surface area contributed by atoms with Crippen LogP contribution in [0.3, 0.4) is 0 Å². The molecular weight excluding hydrogens is 430 g/mol. The topological polar surface area (TPSA) is 92.2 Å². The zero-order valence-electron chi connectivity index (χ0n) is 18.0. The maximum absolute atomic E-state index is 11.9. The third-order valence-electron chi connectivity index (χ3n) is 6.09. The first-order valence-electron chi connectivity index (χ1n) is 10.7. The molecule has 32 heavy (non-hydrogen) atoms. The van der Waals surface area contributed by atoms with E-state index in [0.29, 0.717) is 10.6 Å². The number of aliphatic hydroxyl groups is 1. The van der Waals surface area contributed by atoms with Crippen LogP contribution in [0.1, 0.15) is 31.1 Å². The summed E-state index contributed by atoms with van der Waals surface area (Å²) < 4.78 is 10.9. The molecule has 0 amide bonds. The van der Waals surface area contributed by atoms with E-state index in [1.54, 1.807) is 12.3 Å². The van der Waals surface area contributed by atoms with Crippen molar-refractivity contribution in [2.24, 2.45) is 0 Å². The van der Waals surface area contributed by atoms with Crippen molar-refractivity contribution < 1.29 is 23.1 Å². The summed E-state index contributed by atoms with van der Waals surface area (Å²) in [7, 11) is -2.61. The van der Waals surface area contributed by atoms with E-state index in [9.17, 15) is 14.7 Å². The van der Waals surface area contributed by atoms with Crippen LogP contribution < -0.4 is 4.90 Å². The second-order valence-corrected chi connectivity index (χ2v) is 10.2. The van der Waals surface area contributed by atoms with Crippen LogP contribution in [0, 0.1) is 0 Å². The molecule has 1 unspecified atom stereocenters. The highest BCUT2D eigenvalue weighted by Gasteiger charge is 2.46. The SMILES string of the molecule is CCN1CCN(c2nc(-c3ccc(C(C)O)cc3)cc3c2C=CS32OC(=O)C(=O)O2)CC1. The summed E-state index contributed by atoms with van der Waals surface area (Å²) in [5.74, 6) is -1.13. The summed E-state index contributed by atoms with van der Waals surface area (Å²) in [6.45, 7) is 8.41. The highest BCUT2D eigenvalue weighted by Crippen LogP contribution is 2.68. The van der Waals surface area contributed by atoms with Crippen molar-refractivity contribution in [2.45, 2.75) is 24.8 Å². The number of pyridine rings is 1. The normalized spacial score (nSPS) is 21.4. The van der Waals surface area contributed by atoms with Crippen molar-refractivity contribution in [3.63, 3.8) is 0 Å². The van der Waals surface area contributed by atoms with Gasteiger partial charge in [0.15, 0.2) is 0 Å². The van der Waals surface area contributed by atoms with E-state index in [1.807, 2.05) is 36.4 Å². The second kappa shape index (κ2) is 7.91. The van der Waals surface area contributed by atoms with Crippen LogP contribution in [0.4, 0.5) is 5.82 Å². The molecule has 2 fully saturated rings. The summed E-state index contributed by atoms with van der Waals surface area (Å²) in [4.78, 5) is 34.1. The van der Waals surface area contributed by atoms with Gasteiger partial charge in [0.2, 0.25) is 0 Å². The molecule has 1 aromatic heterocycles. The number of carbonyl (C=O) groups excluding carboxylic acids is 2. The Bertz CT molecular complexity index is 1090. The zero-order valence-corrected chi connectivity index (χ0v) is 18.8. The number of anilines is 1. The Balaban J connectivity index is 1.60. The van der Waals surface area contributed by atoms with Crippen molar-refractivity contribution in [2.75, 3.05) is 37.6 Å². The highest BCUT2D eigenvalue weighted by molar-refractivity contribution is 8.29. The maximum Gasteiger partial charge on any atom is 0.441 e. The molecular formula is C23H25N3O5S. The maximum atomic E-state index is 11.9. The first-order chi connectivity index (χ1) is 15.4. The number of piperazine rings is 1. The summed E-state index contributed by atoms with van der Waals surface area (Å²) in [5.41, 5.74) is 3.20. The predicted molar refractivity (Wildman–Crippen MR) is 122 cm³/mol. The molecule has 8 nitrogen and oxygen atoms in total. The number of aromatic nitrogens is 1. The molecule has 1 N–H and O–H groups in total. The van der Waals surface area contributed by atoms with Crippen LogP contribution in [0.25, 0.3) is 17.3 Å². The summed E-state index contributed by atoms with van der Waals surface area (Å²) in [6.07, 6.45) is 1.29. The quantitative estimate of drug-likeness (QED) is 0.704. The fraction of sp³-hybridized carbons (Fsp3) is 0.348. The average molecular weight is 456 g/mol. The predicted octanol–water partition coefficient (Wildman–Crippen LogP) is 3.02. The number of likely N-dealkylation sites (N-methyl/N-ethyl adjacent to an activating group) is 1. The number of aliphatic hydroxyl groups excluding tert-OH is 1. The van der Waals surface area contributed by atoms with Crippen molar-refractivity contribution >= 4 is 34.4 Å². The van der Waals surface area contributed by atoms with Crippen molar-refractivity contribution in [1.29, 1.82) is 0 Å². The first kappa shape index (κ1) is 21.0. The third kappa shape index (κ3) is 3.46. The molecule has 1 atom stereocenters. The molecule has 4 heterocycles. The van der Waals surface area contributed by atoms with Crippen molar-refractivity contribution in [3.8, 4) is 11.3 Å². The average Bonchev–Trinajstić information content (AvgIpc) is 3.31. The number of benzene rings is 1. The lowest BCUT2D eigenvalue weighted by Crippen LogP contribution is -2.46. The van der Waals surface area contributed by atoms with Crippen molar-refractivity contribution in [1.82, 2.24) is 9.88 Å². The van der Waals surface area contributed by atoms with E-state index in [1.165, 1.54) is 0 Å². The highest BCUT2D eigenvalue weighted by atomic mass is 32.3. The van der Waals surface area contributed by atoms with Gasteiger partial charge in [0, 0.05) is 37.3 Å². The number of hydrogen-bond acceptors (Lipinski definition) is 8. The molecule has 1 spiro atoms. The Hall–Kier alpha value is -2.88. The van der Waals surface area contributed by atoms with Crippen LogP contribution in [-0.2, 0) is 18.0 Å². The fourth-order valence-electron chi connectivity index (χ4n) is 4.19. The second-order valence-electron chi connectivity index (χ2n) is 8.05. The molecule has 5 rings (SSSR count). The minimum absolute atomic E-state index is 0.559. The third-order valence-corrected chi connectivity index (χ3v) is 8.34. The lowest BCUT2D eigenvalue weighted by molar-refractivity contribution is -0.150. The van der Waals surface area contributed by atoms with Crippen LogP contribution in [-0.4, -0.2) is 59.7 Å². The van der Waals surface area contributed by atoms with E-state index in [0.717, 1.165) is 55.2 Å². The molecule has 0 radical (unpaired) electrons. The van der Waals surface area contributed by atoms with E-state index in [2.05, 4.69) is 16.7 Å². The lowest BCUT2D eigenvalue weighted by atomic mass is 10.0. The Labute approximate surface area is 188 Å². The van der Waals surface area contributed by atoms with E-state index in [4.69, 9.17) is 13.4 Å². The van der Waals surface area contributed by atoms with Gasteiger partial charge in [-0.2, -0.15) is 0 Å². The number of nitrogens with zero attached hydrogens (tertiary/aromatic N) is 3. The van der Waals surface area contributed by atoms with E-state index < -0.39 is 28.6 Å². The zero-order chi connectivity index (χ0) is 22.5. The van der Waals surface area contributed by atoms with E-state index in [-0.39, 0.29) is 0 Å². The molecule has 168 valence electrons. The lowest BCUT2D eigenvalue weighted by Gasteiger charge is -2.36. The van der Waals surface area contributed by atoms with E-state index >= 15 is 0 Å². The number of rotatable bonds is 4. The van der Waals surface area contributed by atoms with Gasteiger partial charge in [0.1, 0.15) is 5.82 Å². The van der Waals surface area contributed by atoms with Gasteiger partial charge in [-0.1, -0.05) is 41.8 Å². The first-order valence-corrected chi connectivity index (χ1v) is 12.2. The molecule has 0 saturated carbocycles. The van der Waals surface area contributed by atoms with Gasteiger partial charge in [-0.3, -0.25) is 0 Å². The van der Waals surface area contributed by atoms with Crippen LogP contribution in [0.5, 0.6) is 0 Å². The van der Waals surface area contributed by atoms with Crippen molar-refractivity contribution in [3.05, 3.63) is 46.9 Å². The molecule has 0 aliphatic carbocycles. The van der Waals surface area contributed by atoms with Gasteiger partial charge >= 0.3 is 11.9 Å². The van der Waals surface area contributed by atoms with Gasteiger partial charge in [-0.15, -0.1) is 0 Å². The molecule has 3 aliphatic heterocycles. The molecule has 9 heteroatoms. The van der Waals surface area contributed by atoms with Crippen LogP contribution >= 0.6 is 10.6 Å². The number of fused-ring (bicyclic) bond motifs is 2. The van der Waals surface area contributed by atoms with Crippen LogP contribution in [0.2, 0.25) is 0 Å². The minimum atomic E-state index is -2.61. The van der Waals surface area contributed by atoms with Gasteiger partial charge in [0.25, 0.3) is 0 Å². The summed E-state index contributed by atoms with van der Waals surface area (Å²) in [5, 5.41) is 11.5. The monoisotopic (exact) mass is 455 g/mol. The molecule has 3 aliphatic rings. The van der Waals surface area contributed by atoms with Gasteiger partial charge < -0.3 is 23.3 Å². The van der Waals surface area contributed by atoms with Crippen LogP contribution in [0.15, 0.2) is 40.6 Å².